The second-order valence-electron chi connectivity index (χ2n) is 10.8. The summed E-state index contributed by atoms with van der Waals surface area (Å²) in [5.41, 5.74) is 0.820. The molecule has 1 aliphatic carbocycles. The minimum absolute atomic E-state index is 0.0184. The number of carboxylic acid groups (broad SMARTS) is 1. The molecule has 0 bridgehead atoms. The van der Waals surface area contributed by atoms with Crippen molar-refractivity contribution in [3.05, 3.63) is 83.4 Å². The number of alkyl carbamates (subject to hydrolysis) is 1. The van der Waals surface area contributed by atoms with Gasteiger partial charge in [-0.25, -0.2) is 23.4 Å². The third-order valence-electron chi connectivity index (χ3n) is 7.59. The minimum atomic E-state index is -1.01. The maximum Gasteiger partial charge on any atom is 0.408 e. The Labute approximate surface area is 224 Å². The van der Waals surface area contributed by atoms with E-state index in [9.17, 15) is 23.5 Å². The van der Waals surface area contributed by atoms with Crippen molar-refractivity contribution in [2.45, 2.75) is 39.0 Å². The van der Waals surface area contributed by atoms with Crippen molar-refractivity contribution < 1.29 is 33.0 Å². The normalized spacial score (nSPS) is 21.7. The fourth-order valence-corrected chi connectivity index (χ4v) is 5.15. The van der Waals surface area contributed by atoms with Crippen molar-refractivity contribution in [3.63, 3.8) is 0 Å². The van der Waals surface area contributed by atoms with E-state index >= 15 is 0 Å². The van der Waals surface area contributed by atoms with Crippen LogP contribution in [0.25, 0.3) is 11.3 Å². The van der Waals surface area contributed by atoms with Crippen LogP contribution in [0.1, 0.15) is 31.9 Å². The summed E-state index contributed by atoms with van der Waals surface area (Å²) in [4.78, 5) is 29.9. The zero-order chi connectivity index (χ0) is 27.9. The van der Waals surface area contributed by atoms with Crippen molar-refractivity contribution in [3.8, 4) is 17.1 Å². The van der Waals surface area contributed by atoms with Gasteiger partial charge in [0, 0.05) is 36.1 Å². The maximum absolute atomic E-state index is 14.1. The van der Waals surface area contributed by atoms with Crippen LogP contribution < -0.4 is 10.1 Å². The number of amides is 2. The van der Waals surface area contributed by atoms with E-state index in [-0.39, 0.29) is 29.9 Å². The highest BCUT2D eigenvalue weighted by Crippen LogP contribution is 2.59. The molecular weight excluding hydrogens is 508 g/mol. The summed E-state index contributed by atoms with van der Waals surface area (Å²) in [6, 6.07) is 16.1. The second-order valence-corrected chi connectivity index (χ2v) is 10.8. The number of aromatic nitrogens is 1. The van der Waals surface area contributed by atoms with Gasteiger partial charge in [-0.2, -0.15) is 0 Å². The van der Waals surface area contributed by atoms with Crippen LogP contribution in [-0.4, -0.2) is 46.4 Å². The zero-order valence-corrected chi connectivity index (χ0v) is 21.8. The molecule has 1 saturated carbocycles. The first-order chi connectivity index (χ1) is 18.5. The van der Waals surface area contributed by atoms with Crippen molar-refractivity contribution in [1.82, 2.24) is 15.2 Å². The summed E-state index contributed by atoms with van der Waals surface area (Å²) in [6.07, 6.45) is -1.84. The highest BCUT2D eigenvalue weighted by atomic mass is 19.2. The predicted molar refractivity (Wildman–Crippen MR) is 138 cm³/mol. The Balaban J connectivity index is 1.39. The minimum Gasteiger partial charge on any atom is -0.473 e. The number of nitrogens with zero attached hydrogens (tertiary/aromatic N) is 2. The van der Waals surface area contributed by atoms with Gasteiger partial charge in [0.2, 0.25) is 5.88 Å². The average Bonchev–Trinajstić information content (AvgIpc) is 3.23. The highest BCUT2D eigenvalue weighted by Gasteiger charge is 2.69. The van der Waals surface area contributed by atoms with Crippen molar-refractivity contribution in [2.75, 3.05) is 13.1 Å². The Morgan fingerprint density at radius 3 is 2.51 bits per heavy atom. The van der Waals surface area contributed by atoms with E-state index in [1.165, 1.54) is 11.0 Å². The van der Waals surface area contributed by atoms with Crippen LogP contribution in [0.4, 0.5) is 18.4 Å². The molecule has 2 N–H and O–H groups in total. The fraction of sp³-hybridized carbons (Fsp3) is 0.345. The SMILES string of the molecule is CC(C)(NC(=O)OCc1ccccc1)c1cc(OC2C3CN(C(=O)O)CC32C)nc(-c2ccc(F)c(F)c2)c1. The molecule has 3 atom stereocenters. The molecule has 3 aromatic rings. The Hall–Kier alpha value is -4.21. The lowest BCUT2D eigenvalue weighted by Crippen LogP contribution is -2.41. The average molecular weight is 538 g/mol. The maximum atomic E-state index is 14.1. The van der Waals surface area contributed by atoms with Crippen molar-refractivity contribution >= 4 is 12.2 Å². The standard InChI is InChI=1S/C29H29F2N3O5/c1-28(2,33-26(35)38-15-17-7-5-4-6-8-17)19-12-23(18-9-10-21(30)22(31)11-18)32-24(13-19)39-25-20-14-34(27(36)37)16-29(20,25)3/h4-13,20,25H,14-16H2,1-3H3,(H,33,35)(H,36,37). The summed E-state index contributed by atoms with van der Waals surface area (Å²) in [7, 11) is 0. The van der Waals surface area contributed by atoms with Gasteiger partial charge in [0.15, 0.2) is 11.6 Å². The summed E-state index contributed by atoms with van der Waals surface area (Å²) >= 11 is 0. The van der Waals surface area contributed by atoms with Gasteiger partial charge in [0.1, 0.15) is 12.7 Å². The van der Waals surface area contributed by atoms with Crippen LogP contribution in [0.2, 0.25) is 0 Å². The van der Waals surface area contributed by atoms with Gasteiger partial charge in [-0.15, -0.1) is 0 Å². The topological polar surface area (TPSA) is 101 Å². The quantitative estimate of drug-likeness (QED) is 0.409. The van der Waals surface area contributed by atoms with Gasteiger partial charge in [0.05, 0.1) is 11.2 Å². The van der Waals surface area contributed by atoms with E-state index in [1.807, 2.05) is 37.3 Å². The monoisotopic (exact) mass is 537 g/mol. The Bertz CT molecular complexity index is 1420. The molecule has 204 valence electrons. The highest BCUT2D eigenvalue weighted by molar-refractivity contribution is 5.69. The van der Waals surface area contributed by atoms with E-state index in [0.29, 0.717) is 29.9 Å². The number of pyridine rings is 1. The molecule has 39 heavy (non-hydrogen) atoms. The molecule has 0 spiro atoms. The number of benzene rings is 2. The van der Waals surface area contributed by atoms with Crippen LogP contribution >= 0.6 is 0 Å². The number of fused-ring (bicyclic) bond motifs is 1. The lowest BCUT2D eigenvalue weighted by Gasteiger charge is -2.27. The van der Waals surface area contributed by atoms with Gasteiger partial charge in [-0.3, -0.25) is 0 Å². The van der Waals surface area contributed by atoms with Gasteiger partial charge in [0.25, 0.3) is 0 Å². The first-order valence-corrected chi connectivity index (χ1v) is 12.6. The Morgan fingerprint density at radius 1 is 1.13 bits per heavy atom. The molecule has 2 fully saturated rings. The molecule has 0 radical (unpaired) electrons. The van der Waals surface area contributed by atoms with Gasteiger partial charge in [-0.1, -0.05) is 37.3 Å². The molecular formula is C29H29F2N3O5. The zero-order valence-electron chi connectivity index (χ0n) is 21.8. The van der Waals surface area contributed by atoms with Crippen LogP contribution in [0.15, 0.2) is 60.7 Å². The van der Waals surface area contributed by atoms with Crippen LogP contribution in [0.5, 0.6) is 5.88 Å². The first-order valence-electron chi connectivity index (χ1n) is 12.6. The third-order valence-corrected chi connectivity index (χ3v) is 7.59. The Morgan fingerprint density at radius 2 is 1.87 bits per heavy atom. The summed E-state index contributed by atoms with van der Waals surface area (Å²) in [6.45, 7) is 6.36. The molecule has 2 amide bonds. The fourth-order valence-electron chi connectivity index (χ4n) is 5.15. The number of piperidine rings is 1. The van der Waals surface area contributed by atoms with E-state index in [2.05, 4.69) is 10.3 Å². The molecule has 1 aliphatic heterocycles. The van der Waals surface area contributed by atoms with Crippen molar-refractivity contribution in [2.24, 2.45) is 11.3 Å². The lowest BCUT2D eigenvalue weighted by molar-refractivity contribution is 0.128. The van der Waals surface area contributed by atoms with Crippen molar-refractivity contribution in [1.29, 1.82) is 0 Å². The number of likely N-dealkylation sites (tertiary alicyclic amines) is 1. The molecule has 3 unspecified atom stereocenters. The van der Waals surface area contributed by atoms with E-state index in [1.54, 1.807) is 26.0 Å². The number of hydrogen-bond acceptors (Lipinski definition) is 5. The van der Waals surface area contributed by atoms with E-state index in [0.717, 1.165) is 17.7 Å². The second kappa shape index (κ2) is 9.83. The van der Waals surface area contributed by atoms with E-state index in [4.69, 9.17) is 9.47 Å². The number of hydrogen-bond donors (Lipinski definition) is 2. The van der Waals surface area contributed by atoms with Crippen LogP contribution in [-0.2, 0) is 16.9 Å². The molecule has 2 heterocycles. The molecule has 1 aromatic heterocycles. The largest absolute Gasteiger partial charge is 0.473 e. The molecule has 1 saturated heterocycles. The first kappa shape index (κ1) is 26.4. The molecule has 8 nitrogen and oxygen atoms in total. The van der Waals surface area contributed by atoms with Gasteiger partial charge < -0.3 is 24.8 Å². The molecule has 5 rings (SSSR count). The number of nitrogens with one attached hydrogen (secondary N) is 1. The van der Waals surface area contributed by atoms with Crippen LogP contribution in [0, 0.1) is 23.0 Å². The van der Waals surface area contributed by atoms with E-state index < -0.39 is 29.4 Å². The van der Waals surface area contributed by atoms with Crippen LogP contribution in [0.3, 0.4) is 0 Å². The number of rotatable bonds is 7. The molecule has 2 aromatic carbocycles. The number of ether oxygens (including phenoxy) is 2. The molecule has 10 heteroatoms. The summed E-state index contributed by atoms with van der Waals surface area (Å²) in [5.74, 6) is -1.73. The number of halogens is 2. The smallest absolute Gasteiger partial charge is 0.408 e. The third kappa shape index (κ3) is 5.36. The Kier molecular flexibility index (Phi) is 6.65. The summed E-state index contributed by atoms with van der Waals surface area (Å²) in [5, 5.41) is 12.2. The number of carbonyl (C=O) groups excluding carboxylic acids is 1. The lowest BCUT2D eigenvalue weighted by atomic mass is 9.93. The number of carbonyl (C=O) groups is 2. The van der Waals surface area contributed by atoms with Gasteiger partial charge in [-0.05, 0) is 49.2 Å². The van der Waals surface area contributed by atoms with Gasteiger partial charge >= 0.3 is 12.2 Å². The molecule has 2 aliphatic rings. The predicted octanol–water partition coefficient (Wildman–Crippen LogP) is 5.57. The summed E-state index contributed by atoms with van der Waals surface area (Å²) < 4.78 is 39.3.